The van der Waals surface area contributed by atoms with Crippen molar-refractivity contribution in [1.82, 2.24) is 0 Å². The highest BCUT2D eigenvalue weighted by Gasteiger charge is 2.13. The number of hydrogen-bond acceptors (Lipinski definition) is 2. The van der Waals surface area contributed by atoms with Crippen molar-refractivity contribution in [3.63, 3.8) is 0 Å². The second-order valence-corrected chi connectivity index (χ2v) is 3.31. The van der Waals surface area contributed by atoms with Crippen LogP contribution in [0.2, 0.25) is 0 Å². The number of ketones is 1. The number of Topliss-reactive ketones (excluding diaryl/α,β-unsaturated/α-hetero) is 1. The molecule has 2 heteroatoms. The molecule has 0 radical (unpaired) electrons. The van der Waals surface area contributed by atoms with Gasteiger partial charge < -0.3 is 4.42 Å². The van der Waals surface area contributed by atoms with Crippen LogP contribution in [0.1, 0.15) is 23.7 Å². The van der Waals surface area contributed by atoms with E-state index in [2.05, 4.69) is 0 Å². The molecule has 15 heavy (non-hydrogen) atoms. The minimum Gasteiger partial charge on any atom is -0.464 e. The lowest BCUT2D eigenvalue weighted by Gasteiger charge is -1.99. The van der Waals surface area contributed by atoms with Gasteiger partial charge in [0.15, 0.2) is 5.78 Å². The van der Waals surface area contributed by atoms with Gasteiger partial charge in [-0.3, -0.25) is 4.79 Å². The first kappa shape index (κ1) is 9.71. The summed E-state index contributed by atoms with van der Waals surface area (Å²) >= 11 is 0. The molecule has 0 bridgehead atoms. The first-order valence-electron chi connectivity index (χ1n) is 4.99. The molecule has 2 nitrogen and oxygen atoms in total. The molecule has 0 spiro atoms. The monoisotopic (exact) mass is 200 g/mol. The van der Waals surface area contributed by atoms with E-state index in [0.29, 0.717) is 17.7 Å². The second-order valence-electron chi connectivity index (χ2n) is 3.31. The van der Waals surface area contributed by atoms with Gasteiger partial charge in [0.2, 0.25) is 0 Å². The van der Waals surface area contributed by atoms with Crippen LogP contribution in [0.5, 0.6) is 0 Å². The van der Waals surface area contributed by atoms with Gasteiger partial charge in [0.05, 0.1) is 11.8 Å². The highest BCUT2D eigenvalue weighted by molar-refractivity contribution is 6.00. The van der Waals surface area contributed by atoms with Gasteiger partial charge in [-0.15, -0.1) is 0 Å². The van der Waals surface area contributed by atoms with Crippen molar-refractivity contribution < 1.29 is 9.21 Å². The number of furan rings is 1. The Balaban J connectivity index is 2.46. The third-order valence-electron chi connectivity index (χ3n) is 2.32. The summed E-state index contributed by atoms with van der Waals surface area (Å²) in [6.07, 6.45) is 2.06. The van der Waals surface area contributed by atoms with E-state index in [1.807, 2.05) is 37.3 Å². The summed E-state index contributed by atoms with van der Waals surface area (Å²) in [6, 6.07) is 11.4. The van der Waals surface area contributed by atoms with E-state index in [1.165, 1.54) is 0 Å². The van der Waals surface area contributed by atoms with Crippen LogP contribution >= 0.6 is 0 Å². The molecule has 1 aromatic heterocycles. The predicted molar refractivity (Wildman–Crippen MR) is 58.8 cm³/mol. The summed E-state index contributed by atoms with van der Waals surface area (Å²) in [7, 11) is 0. The Bertz CT molecular complexity index is 454. The van der Waals surface area contributed by atoms with E-state index in [1.54, 1.807) is 12.3 Å². The topological polar surface area (TPSA) is 30.2 Å². The molecule has 1 heterocycles. The molecule has 0 fully saturated rings. The summed E-state index contributed by atoms with van der Waals surface area (Å²) in [5, 5.41) is 0. The summed E-state index contributed by atoms with van der Waals surface area (Å²) in [6.45, 7) is 1.85. The van der Waals surface area contributed by atoms with E-state index < -0.39 is 0 Å². The molecule has 0 N–H and O–H groups in total. The van der Waals surface area contributed by atoms with Crippen LogP contribution in [0.3, 0.4) is 0 Å². The van der Waals surface area contributed by atoms with Crippen molar-refractivity contribution in [3.8, 4) is 11.3 Å². The van der Waals surface area contributed by atoms with E-state index in [-0.39, 0.29) is 5.78 Å². The molecule has 0 unspecified atom stereocenters. The summed E-state index contributed by atoms with van der Waals surface area (Å²) in [5.41, 5.74) is 1.61. The van der Waals surface area contributed by atoms with Gasteiger partial charge in [-0.05, 0) is 6.07 Å². The molecule has 76 valence electrons. The van der Waals surface area contributed by atoms with Crippen LogP contribution in [0.15, 0.2) is 47.1 Å². The second kappa shape index (κ2) is 4.13. The molecule has 1 aromatic carbocycles. The fourth-order valence-electron chi connectivity index (χ4n) is 1.53. The Morgan fingerprint density at radius 2 is 1.93 bits per heavy atom. The van der Waals surface area contributed by atoms with Crippen LogP contribution in [0.25, 0.3) is 11.3 Å². The number of benzene rings is 1. The molecule has 0 atom stereocenters. The van der Waals surface area contributed by atoms with Crippen molar-refractivity contribution in [2.75, 3.05) is 0 Å². The number of rotatable bonds is 3. The SMILES string of the molecule is CCC(=O)c1ccoc1-c1ccccc1. The van der Waals surface area contributed by atoms with Gasteiger partial charge in [-0.25, -0.2) is 0 Å². The van der Waals surface area contributed by atoms with Gasteiger partial charge in [0, 0.05) is 12.0 Å². The lowest BCUT2D eigenvalue weighted by atomic mass is 10.0. The van der Waals surface area contributed by atoms with E-state index >= 15 is 0 Å². The fraction of sp³-hybridized carbons (Fsp3) is 0.154. The Morgan fingerprint density at radius 1 is 1.20 bits per heavy atom. The summed E-state index contributed by atoms with van der Waals surface area (Å²) in [4.78, 5) is 11.6. The summed E-state index contributed by atoms with van der Waals surface area (Å²) < 4.78 is 5.35. The minimum absolute atomic E-state index is 0.114. The number of carbonyl (C=O) groups excluding carboxylic acids is 1. The van der Waals surface area contributed by atoms with Crippen molar-refractivity contribution in [2.24, 2.45) is 0 Å². The van der Waals surface area contributed by atoms with Crippen molar-refractivity contribution in [2.45, 2.75) is 13.3 Å². The first-order valence-corrected chi connectivity index (χ1v) is 4.99. The lowest BCUT2D eigenvalue weighted by Crippen LogP contribution is -1.96. The van der Waals surface area contributed by atoms with Gasteiger partial charge >= 0.3 is 0 Å². The van der Waals surface area contributed by atoms with E-state index in [9.17, 15) is 4.79 Å². The zero-order chi connectivity index (χ0) is 10.7. The molecular formula is C13H12O2. The standard InChI is InChI=1S/C13H12O2/c1-2-12(14)11-8-9-15-13(11)10-6-4-3-5-7-10/h3-9H,2H2,1H3. The highest BCUT2D eigenvalue weighted by atomic mass is 16.3. The molecular weight excluding hydrogens is 188 g/mol. The fourth-order valence-corrected chi connectivity index (χ4v) is 1.53. The minimum atomic E-state index is 0.114. The molecule has 0 aliphatic rings. The highest BCUT2D eigenvalue weighted by Crippen LogP contribution is 2.25. The molecule has 0 saturated carbocycles. The largest absolute Gasteiger partial charge is 0.464 e. The van der Waals surface area contributed by atoms with Crippen LogP contribution in [0, 0.1) is 0 Å². The van der Waals surface area contributed by atoms with Gasteiger partial charge in [0.1, 0.15) is 5.76 Å². The predicted octanol–water partition coefficient (Wildman–Crippen LogP) is 3.54. The van der Waals surface area contributed by atoms with Crippen LogP contribution < -0.4 is 0 Å². The van der Waals surface area contributed by atoms with E-state index in [4.69, 9.17) is 4.42 Å². The van der Waals surface area contributed by atoms with Gasteiger partial charge in [0.25, 0.3) is 0 Å². The number of hydrogen-bond donors (Lipinski definition) is 0. The maximum Gasteiger partial charge on any atom is 0.166 e. The maximum absolute atomic E-state index is 11.6. The third-order valence-corrected chi connectivity index (χ3v) is 2.32. The molecule has 0 aliphatic heterocycles. The molecule has 0 amide bonds. The van der Waals surface area contributed by atoms with Gasteiger partial charge in [-0.1, -0.05) is 37.3 Å². The maximum atomic E-state index is 11.6. The van der Waals surface area contributed by atoms with Gasteiger partial charge in [-0.2, -0.15) is 0 Å². The lowest BCUT2D eigenvalue weighted by molar-refractivity contribution is 0.0988. The molecule has 0 aliphatic carbocycles. The average molecular weight is 200 g/mol. The van der Waals surface area contributed by atoms with Crippen molar-refractivity contribution in [1.29, 1.82) is 0 Å². The average Bonchev–Trinajstić information content (AvgIpc) is 2.78. The molecule has 2 rings (SSSR count). The Kier molecular flexibility index (Phi) is 2.68. The van der Waals surface area contributed by atoms with Crippen LogP contribution in [-0.4, -0.2) is 5.78 Å². The van der Waals surface area contributed by atoms with Crippen molar-refractivity contribution >= 4 is 5.78 Å². The zero-order valence-corrected chi connectivity index (χ0v) is 8.57. The number of carbonyl (C=O) groups is 1. The normalized spacial score (nSPS) is 10.2. The Morgan fingerprint density at radius 3 is 2.60 bits per heavy atom. The van der Waals surface area contributed by atoms with Crippen LogP contribution in [0.4, 0.5) is 0 Å². The summed E-state index contributed by atoms with van der Waals surface area (Å²) in [5.74, 6) is 0.782. The van der Waals surface area contributed by atoms with Crippen LogP contribution in [-0.2, 0) is 0 Å². The Hall–Kier alpha value is -1.83. The Labute approximate surface area is 88.5 Å². The quantitative estimate of drug-likeness (QED) is 0.709. The molecule has 0 saturated heterocycles. The zero-order valence-electron chi connectivity index (χ0n) is 8.57. The third kappa shape index (κ3) is 1.84. The molecule has 2 aromatic rings. The smallest absolute Gasteiger partial charge is 0.166 e. The first-order chi connectivity index (χ1) is 7.33. The van der Waals surface area contributed by atoms with E-state index in [0.717, 1.165) is 5.56 Å². The van der Waals surface area contributed by atoms with Crippen molar-refractivity contribution in [3.05, 3.63) is 48.2 Å².